The largest absolute Gasteiger partial charge is 0.402 e. The third-order valence-electron chi connectivity index (χ3n) is 3.59. The van der Waals surface area contributed by atoms with E-state index in [0.717, 1.165) is 31.4 Å². The van der Waals surface area contributed by atoms with E-state index in [1.54, 1.807) is 6.08 Å². The number of nitrogens with two attached hydrogens (primary N) is 2. The van der Waals surface area contributed by atoms with E-state index in [9.17, 15) is 4.39 Å². The number of allylic oxidation sites excluding steroid dienone is 4. The van der Waals surface area contributed by atoms with E-state index in [1.807, 2.05) is 13.0 Å². The molecular weight excluding hydrogens is 239 g/mol. The molecule has 0 heterocycles. The Morgan fingerprint density at radius 1 is 1.11 bits per heavy atom. The molecule has 2 unspecified atom stereocenters. The Bertz CT molecular complexity index is 280. The molecule has 0 amide bonds. The van der Waals surface area contributed by atoms with Crippen LogP contribution in [-0.2, 0) is 0 Å². The smallest absolute Gasteiger partial charge is 0.111 e. The molecule has 0 aromatic heterocycles. The van der Waals surface area contributed by atoms with Gasteiger partial charge in [-0.05, 0) is 49.8 Å². The number of rotatable bonds is 10. The zero-order chi connectivity index (χ0) is 14.7. The lowest BCUT2D eigenvalue weighted by Crippen LogP contribution is -2.06. The van der Waals surface area contributed by atoms with Gasteiger partial charge in [0.2, 0.25) is 0 Å². The van der Waals surface area contributed by atoms with Crippen molar-refractivity contribution in [3.8, 4) is 0 Å². The summed E-state index contributed by atoms with van der Waals surface area (Å²) < 4.78 is 13.0. The first-order chi connectivity index (χ1) is 9.01. The van der Waals surface area contributed by atoms with Crippen molar-refractivity contribution in [1.29, 1.82) is 0 Å². The summed E-state index contributed by atoms with van der Waals surface area (Å²) in [6, 6.07) is 0. The van der Waals surface area contributed by atoms with Gasteiger partial charge in [0, 0.05) is 5.70 Å². The second-order valence-corrected chi connectivity index (χ2v) is 5.65. The van der Waals surface area contributed by atoms with Gasteiger partial charge >= 0.3 is 0 Å². The predicted molar refractivity (Wildman–Crippen MR) is 82.5 cm³/mol. The van der Waals surface area contributed by atoms with Crippen LogP contribution in [0.3, 0.4) is 0 Å². The van der Waals surface area contributed by atoms with Crippen LogP contribution in [-0.4, -0.2) is 13.2 Å². The fraction of sp³-hybridized carbons (Fsp3) is 0.750. The summed E-state index contributed by atoms with van der Waals surface area (Å²) >= 11 is 0. The topological polar surface area (TPSA) is 52.0 Å². The molecule has 19 heavy (non-hydrogen) atoms. The van der Waals surface area contributed by atoms with Crippen LogP contribution < -0.4 is 11.5 Å². The highest BCUT2D eigenvalue weighted by Gasteiger charge is 2.10. The van der Waals surface area contributed by atoms with Crippen LogP contribution in [0.1, 0.15) is 52.9 Å². The molecular formula is C16H31FN2. The molecule has 112 valence electrons. The zero-order valence-corrected chi connectivity index (χ0v) is 12.8. The molecule has 0 spiro atoms. The van der Waals surface area contributed by atoms with Crippen molar-refractivity contribution in [3.05, 3.63) is 23.4 Å². The van der Waals surface area contributed by atoms with Gasteiger partial charge in [0.1, 0.15) is 6.67 Å². The quantitative estimate of drug-likeness (QED) is 0.467. The van der Waals surface area contributed by atoms with Gasteiger partial charge in [-0.1, -0.05) is 39.2 Å². The van der Waals surface area contributed by atoms with E-state index in [2.05, 4.69) is 13.8 Å². The molecule has 0 fully saturated rings. The Morgan fingerprint density at radius 3 is 2.32 bits per heavy atom. The lowest BCUT2D eigenvalue weighted by molar-refractivity contribution is 0.407. The van der Waals surface area contributed by atoms with Gasteiger partial charge in [-0.25, -0.2) is 4.39 Å². The molecule has 0 rings (SSSR count). The number of hydrogen-bond acceptors (Lipinski definition) is 2. The summed E-state index contributed by atoms with van der Waals surface area (Å²) in [7, 11) is 0. The van der Waals surface area contributed by atoms with Crippen molar-refractivity contribution in [2.75, 3.05) is 13.2 Å². The molecule has 0 aliphatic heterocycles. The lowest BCUT2D eigenvalue weighted by atomic mass is 9.90. The molecule has 0 radical (unpaired) electrons. The summed E-state index contributed by atoms with van der Waals surface area (Å²) in [5, 5.41) is 0. The molecule has 0 aliphatic rings. The highest BCUT2D eigenvalue weighted by Crippen LogP contribution is 2.22. The summed E-state index contributed by atoms with van der Waals surface area (Å²) in [5.74, 6) is 0.985. The van der Waals surface area contributed by atoms with Crippen LogP contribution in [0.2, 0.25) is 0 Å². The molecule has 0 aromatic rings. The summed E-state index contributed by atoms with van der Waals surface area (Å²) in [6.45, 7) is 6.58. The van der Waals surface area contributed by atoms with Crippen molar-refractivity contribution >= 4 is 0 Å². The molecule has 3 heteroatoms. The Morgan fingerprint density at radius 2 is 1.79 bits per heavy atom. The predicted octanol–water partition coefficient (Wildman–Crippen LogP) is 3.93. The SMILES string of the molecule is C/C(N)=C\C=C(/CF)C(C)CCC(C)CCCCN. The van der Waals surface area contributed by atoms with Gasteiger partial charge < -0.3 is 11.5 Å². The van der Waals surface area contributed by atoms with Crippen molar-refractivity contribution in [1.82, 2.24) is 0 Å². The van der Waals surface area contributed by atoms with Crippen LogP contribution in [0.25, 0.3) is 0 Å². The van der Waals surface area contributed by atoms with E-state index in [-0.39, 0.29) is 12.6 Å². The maximum absolute atomic E-state index is 13.0. The fourth-order valence-corrected chi connectivity index (χ4v) is 2.08. The first kappa shape index (κ1) is 18.2. The van der Waals surface area contributed by atoms with E-state index >= 15 is 0 Å². The highest BCUT2D eigenvalue weighted by atomic mass is 19.1. The Labute approximate surface area is 118 Å². The fourth-order valence-electron chi connectivity index (χ4n) is 2.08. The number of halogens is 1. The zero-order valence-electron chi connectivity index (χ0n) is 12.8. The third kappa shape index (κ3) is 9.71. The van der Waals surface area contributed by atoms with Crippen LogP contribution in [0.5, 0.6) is 0 Å². The van der Waals surface area contributed by atoms with Crippen LogP contribution in [0, 0.1) is 11.8 Å². The second-order valence-electron chi connectivity index (χ2n) is 5.65. The normalized spacial score (nSPS) is 16.5. The number of alkyl halides is 1. The molecule has 0 aliphatic carbocycles. The van der Waals surface area contributed by atoms with Gasteiger partial charge in [-0.3, -0.25) is 0 Å². The van der Waals surface area contributed by atoms with E-state index in [1.165, 1.54) is 12.8 Å². The van der Waals surface area contributed by atoms with Crippen molar-refractivity contribution in [2.24, 2.45) is 23.3 Å². The van der Waals surface area contributed by atoms with E-state index in [4.69, 9.17) is 11.5 Å². The Balaban J connectivity index is 4.09. The third-order valence-corrected chi connectivity index (χ3v) is 3.59. The van der Waals surface area contributed by atoms with E-state index in [0.29, 0.717) is 11.6 Å². The van der Waals surface area contributed by atoms with Crippen LogP contribution in [0.4, 0.5) is 4.39 Å². The molecule has 0 saturated heterocycles. The molecule has 2 atom stereocenters. The standard InChI is InChI=1S/C16H31FN2/c1-13(6-4-5-11-18)7-8-14(2)16(12-17)10-9-15(3)19/h9-10,13-14H,4-8,11-12,18-19H2,1-3H3/b15-9+,16-10+. The van der Waals surface area contributed by atoms with Crippen LogP contribution in [0.15, 0.2) is 23.4 Å². The molecule has 0 bridgehead atoms. The Kier molecular flexibility index (Phi) is 10.6. The van der Waals surface area contributed by atoms with Gasteiger partial charge in [-0.15, -0.1) is 0 Å². The maximum atomic E-state index is 13.0. The summed E-state index contributed by atoms with van der Waals surface area (Å²) in [4.78, 5) is 0. The minimum absolute atomic E-state index is 0.289. The number of unbranched alkanes of at least 4 members (excludes halogenated alkanes) is 1. The minimum Gasteiger partial charge on any atom is -0.402 e. The van der Waals surface area contributed by atoms with Gasteiger partial charge in [-0.2, -0.15) is 0 Å². The average Bonchev–Trinajstić information content (AvgIpc) is 2.37. The number of hydrogen-bond donors (Lipinski definition) is 2. The van der Waals surface area contributed by atoms with Crippen molar-refractivity contribution in [2.45, 2.75) is 52.9 Å². The van der Waals surface area contributed by atoms with Crippen molar-refractivity contribution < 1.29 is 4.39 Å². The second kappa shape index (κ2) is 11.0. The maximum Gasteiger partial charge on any atom is 0.111 e. The van der Waals surface area contributed by atoms with E-state index < -0.39 is 0 Å². The van der Waals surface area contributed by atoms with Gasteiger partial charge in [0.25, 0.3) is 0 Å². The first-order valence-corrected chi connectivity index (χ1v) is 7.40. The van der Waals surface area contributed by atoms with Crippen LogP contribution >= 0.6 is 0 Å². The first-order valence-electron chi connectivity index (χ1n) is 7.40. The highest BCUT2D eigenvalue weighted by molar-refractivity contribution is 5.17. The molecule has 2 nitrogen and oxygen atoms in total. The molecule has 0 saturated carbocycles. The molecule has 4 N–H and O–H groups in total. The lowest BCUT2D eigenvalue weighted by Gasteiger charge is -2.16. The average molecular weight is 270 g/mol. The molecule has 0 aromatic carbocycles. The van der Waals surface area contributed by atoms with Gasteiger partial charge in [0.15, 0.2) is 0 Å². The summed E-state index contributed by atoms with van der Waals surface area (Å²) in [5.41, 5.74) is 12.6. The minimum atomic E-state index is -0.382. The Hall–Kier alpha value is -0.830. The monoisotopic (exact) mass is 270 g/mol. The van der Waals surface area contributed by atoms with Gasteiger partial charge in [0.05, 0.1) is 0 Å². The van der Waals surface area contributed by atoms with Crippen molar-refractivity contribution in [3.63, 3.8) is 0 Å². The summed E-state index contributed by atoms with van der Waals surface area (Å²) in [6.07, 6.45) is 9.34.